The van der Waals surface area contributed by atoms with Crippen molar-refractivity contribution >= 4 is 5.97 Å². The third-order valence-corrected chi connectivity index (χ3v) is 0.348. The van der Waals surface area contributed by atoms with Crippen molar-refractivity contribution in [3.05, 3.63) is 0 Å². The van der Waals surface area contributed by atoms with E-state index in [1.165, 1.54) is 6.92 Å². The maximum absolute atomic E-state index is 9.82. The van der Waals surface area contributed by atoms with Gasteiger partial charge in [-0.3, -0.25) is 4.79 Å². The van der Waals surface area contributed by atoms with Crippen molar-refractivity contribution in [1.29, 1.82) is 0 Å². The lowest BCUT2D eigenvalue weighted by molar-refractivity contribution is -0.140. The third kappa shape index (κ3) is 91.5. The van der Waals surface area contributed by atoms with Gasteiger partial charge in [0.15, 0.2) is 0 Å². The van der Waals surface area contributed by atoms with E-state index in [4.69, 9.17) is 5.11 Å². The third-order valence-electron chi connectivity index (χ3n) is 0.348. The van der Waals surface area contributed by atoms with E-state index in [1.807, 2.05) is 0 Å². The minimum atomic E-state index is -0.211. The molecule has 0 spiro atoms. The van der Waals surface area contributed by atoms with E-state index >= 15 is 0 Å². The Morgan fingerprint density at radius 1 is 1.45 bits per heavy atom. The van der Waals surface area contributed by atoms with Crippen molar-refractivity contribution in [2.45, 2.75) is 20.8 Å². The molecule has 0 amide bonds. The molecule has 5 nitrogen and oxygen atoms in total. The summed E-state index contributed by atoms with van der Waals surface area (Å²) in [6.07, 6.45) is 0. The van der Waals surface area contributed by atoms with Crippen LogP contribution in [0.2, 0.25) is 0 Å². The van der Waals surface area contributed by atoms with Gasteiger partial charge in [-0.05, 0) is 13.8 Å². The van der Waals surface area contributed by atoms with Crippen molar-refractivity contribution in [3.8, 4) is 0 Å². The molecule has 0 unspecified atom stereocenters. The molecule has 0 bridgehead atoms. The van der Waals surface area contributed by atoms with Gasteiger partial charge in [0, 0.05) is 13.5 Å². The first-order chi connectivity index (χ1) is 4.18. The summed E-state index contributed by atoms with van der Waals surface area (Å²) in [6.45, 7) is 5.58. The molecule has 0 aromatic rings. The van der Waals surface area contributed by atoms with Gasteiger partial charge >= 0.3 is 5.97 Å². The number of hydrogen-bond donors (Lipinski definition) is 2. The Hall–Kier alpha value is -0.650. The smallest absolute Gasteiger partial charge is 0.302 e. The highest BCUT2D eigenvalue weighted by atomic mass is 16.5. The minimum absolute atomic E-state index is 0. The van der Waals surface area contributed by atoms with Gasteiger partial charge < -0.3 is 21.5 Å². The summed E-state index contributed by atoms with van der Waals surface area (Å²) >= 11 is 0. The average Bonchev–Trinajstić information content (AvgIpc) is 1.67. The van der Waals surface area contributed by atoms with E-state index < -0.39 is 0 Å². The summed E-state index contributed by atoms with van der Waals surface area (Å²) in [4.78, 5) is 9.82. The van der Waals surface area contributed by atoms with Gasteiger partial charge in [-0.15, -0.1) is 0 Å². The summed E-state index contributed by atoms with van der Waals surface area (Å²) in [6, 6.07) is 0. The van der Waals surface area contributed by atoms with Crippen LogP contribution in [0.1, 0.15) is 20.8 Å². The van der Waals surface area contributed by atoms with E-state index in [9.17, 15) is 4.79 Å². The number of carbonyl (C=O) groups excluding carboxylic acids is 1. The molecule has 0 aliphatic heterocycles. The SMILES string of the molecule is CCO.CCOC(C)=O.N.O. The van der Waals surface area contributed by atoms with Crippen LogP contribution in [0.15, 0.2) is 0 Å². The van der Waals surface area contributed by atoms with Gasteiger partial charge in [0.05, 0.1) is 6.61 Å². The molecule has 6 N–H and O–H groups in total. The molecule has 11 heavy (non-hydrogen) atoms. The summed E-state index contributed by atoms with van der Waals surface area (Å²) in [5.74, 6) is -0.211. The fourth-order valence-electron chi connectivity index (χ4n) is 0.203. The van der Waals surface area contributed by atoms with Gasteiger partial charge in [0.1, 0.15) is 0 Å². The second kappa shape index (κ2) is 22.8. The molecule has 0 aromatic heterocycles. The molecule has 0 radical (unpaired) electrons. The highest BCUT2D eigenvalue weighted by Gasteiger charge is 1.81. The average molecular weight is 169 g/mol. The first-order valence-electron chi connectivity index (χ1n) is 2.93. The van der Waals surface area contributed by atoms with Crippen LogP contribution < -0.4 is 6.15 Å². The lowest BCUT2D eigenvalue weighted by Gasteiger charge is -1.89. The Morgan fingerprint density at radius 3 is 1.73 bits per heavy atom. The number of aliphatic hydroxyl groups is 1. The van der Waals surface area contributed by atoms with Gasteiger partial charge in [0.2, 0.25) is 0 Å². The fourth-order valence-corrected chi connectivity index (χ4v) is 0.203. The van der Waals surface area contributed by atoms with Crippen LogP contribution in [-0.4, -0.2) is 29.8 Å². The molecule has 72 valence electrons. The van der Waals surface area contributed by atoms with Gasteiger partial charge in [-0.1, -0.05) is 0 Å². The van der Waals surface area contributed by atoms with Crippen LogP contribution in [0.4, 0.5) is 0 Å². The summed E-state index contributed by atoms with van der Waals surface area (Å²) < 4.78 is 4.40. The number of hydrogen-bond acceptors (Lipinski definition) is 4. The van der Waals surface area contributed by atoms with Crippen LogP contribution in [0.3, 0.4) is 0 Å². The number of esters is 1. The van der Waals surface area contributed by atoms with Crippen LogP contribution in [-0.2, 0) is 9.53 Å². The standard InChI is InChI=1S/C4H8O2.C2H6O.H3N.H2O/c1-3-6-4(2)5;1-2-3;;/h3H2,1-2H3;3H,2H2,1H3;1H3;1H2. The molecule has 0 aromatic carbocycles. The Labute approximate surface area is 67.3 Å². The van der Waals surface area contributed by atoms with Crippen molar-refractivity contribution in [3.63, 3.8) is 0 Å². The monoisotopic (exact) mass is 169 g/mol. The van der Waals surface area contributed by atoms with E-state index in [0.717, 1.165) is 0 Å². The largest absolute Gasteiger partial charge is 0.466 e. The van der Waals surface area contributed by atoms with E-state index in [-0.39, 0.29) is 24.2 Å². The molecule has 0 heterocycles. The van der Waals surface area contributed by atoms with E-state index in [1.54, 1.807) is 13.8 Å². The zero-order valence-corrected chi connectivity index (χ0v) is 7.39. The summed E-state index contributed by atoms with van der Waals surface area (Å²) in [7, 11) is 0. The first-order valence-corrected chi connectivity index (χ1v) is 2.93. The zero-order valence-electron chi connectivity index (χ0n) is 7.39. The molecule has 0 atom stereocenters. The lowest BCUT2D eigenvalue weighted by atomic mass is 10.8. The van der Waals surface area contributed by atoms with Crippen molar-refractivity contribution in [1.82, 2.24) is 6.15 Å². The molecule has 0 fully saturated rings. The fraction of sp³-hybridized carbons (Fsp3) is 0.833. The van der Waals surface area contributed by atoms with Crippen molar-refractivity contribution < 1.29 is 20.1 Å². The first kappa shape index (κ1) is 22.4. The summed E-state index contributed by atoms with van der Waals surface area (Å²) in [5, 5.41) is 7.57. The highest BCUT2D eigenvalue weighted by molar-refractivity contribution is 5.65. The van der Waals surface area contributed by atoms with Gasteiger partial charge in [-0.2, -0.15) is 0 Å². The Kier molecular flexibility index (Phi) is 46.5. The van der Waals surface area contributed by atoms with Crippen LogP contribution >= 0.6 is 0 Å². The number of carbonyl (C=O) groups is 1. The molecule has 0 saturated heterocycles. The lowest BCUT2D eigenvalue weighted by Crippen LogP contribution is -1.95. The number of rotatable bonds is 1. The maximum Gasteiger partial charge on any atom is 0.302 e. The summed E-state index contributed by atoms with van der Waals surface area (Å²) in [5.41, 5.74) is 0. The van der Waals surface area contributed by atoms with Crippen LogP contribution in [0, 0.1) is 0 Å². The molecule has 0 aliphatic rings. The van der Waals surface area contributed by atoms with E-state index in [0.29, 0.717) is 6.61 Å². The van der Waals surface area contributed by atoms with Crippen LogP contribution in [0.5, 0.6) is 0 Å². The molecule has 5 heteroatoms. The topological polar surface area (TPSA) is 113 Å². The maximum atomic E-state index is 9.82. The normalized spacial score (nSPS) is 5.82. The molecule has 0 aliphatic carbocycles. The van der Waals surface area contributed by atoms with E-state index in [2.05, 4.69) is 4.74 Å². The molecular weight excluding hydrogens is 150 g/mol. The predicted molar refractivity (Wildman–Crippen MR) is 43.7 cm³/mol. The predicted octanol–water partition coefficient (Wildman–Crippen LogP) is -0.0947. The second-order valence-electron chi connectivity index (χ2n) is 1.24. The second-order valence-corrected chi connectivity index (χ2v) is 1.24. The van der Waals surface area contributed by atoms with Gasteiger partial charge in [-0.25, -0.2) is 0 Å². The number of aliphatic hydroxyl groups excluding tert-OH is 1. The number of ether oxygens (including phenoxy) is 1. The van der Waals surface area contributed by atoms with Crippen LogP contribution in [0.25, 0.3) is 0 Å². The zero-order chi connectivity index (χ0) is 7.70. The molecular formula is C6H19NO4. The highest BCUT2D eigenvalue weighted by Crippen LogP contribution is 1.69. The Balaban J connectivity index is -0.0000000437. The quantitative estimate of drug-likeness (QED) is 0.534. The van der Waals surface area contributed by atoms with Crippen molar-refractivity contribution in [2.24, 2.45) is 0 Å². The molecule has 0 saturated carbocycles. The Morgan fingerprint density at radius 2 is 1.73 bits per heavy atom. The minimum Gasteiger partial charge on any atom is -0.466 e. The molecule has 0 rings (SSSR count). The van der Waals surface area contributed by atoms with Crippen molar-refractivity contribution in [2.75, 3.05) is 13.2 Å². The Bertz CT molecular complexity index is 67.6. The van der Waals surface area contributed by atoms with Gasteiger partial charge in [0.25, 0.3) is 0 Å².